The number of hydroxylamine groups is 1. The van der Waals surface area contributed by atoms with Crippen molar-refractivity contribution in [1.29, 1.82) is 0 Å². The lowest BCUT2D eigenvalue weighted by Gasteiger charge is -2.42. The first-order chi connectivity index (χ1) is 16.3. The number of benzene rings is 1. The molecule has 12 heteroatoms. The molecule has 1 aromatic carbocycles. The topological polar surface area (TPSA) is 123 Å². The van der Waals surface area contributed by atoms with Crippen LogP contribution in [0.15, 0.2) is 48.7 Å². The van der Waals surface area contributed by atoms with Crippen LogP contribution in [0.25, 0.3) is 0 Å². The number of halogens is 1. The summed E-state index contributed by atoms with van der Waals surface area (Å²) in [6.45, 7) is 0.440. The SMILES string of the molecule is O=C(NO)C1CN(C(=O)c2ccccn2)CCN1S(=O)(=O)N1CCC(c2ccc(Cl)cc2)CC1. The van der Waals surface area contributed by atoms with E-state index >= 15 is 0 Å². The van der Waals surface area contributed by atoms with Crippen molar-refractivity contribution < 1.29 is 23.2 Å². The summed E-state index contributed by atoms with van der Waals surface area (Å²) in [4.78, 5) is 30.6. The van der Waals surface area contributed by atoms with Crippen molar-refractivity contribution in [2.24, 2.45) is 0 Å². The van der Waals surface area contributed by atoms with Crippen molar-refractivity contribution in [2.75, 3.05) is 32.7 Å². The largest absolute Gasteiger partial charge is 0.334 e. The molecule has 0 spiro atoms. The Bertz CT molecular complexity index is 1120. The van der Waals surface area contributed by atoms with Crippen LogP contribution in [0.3, 0.4) is 0 Å². The van der Waals surface area contributed by atoms with Crippen LogP contribution in [0.2, 0.25) is 5.02 Å². The predicted octanol–water partition coefficient (Wildman–Crippen LogP) is 1.49. The van der Waals surface area contributed by atoms with Crippen molar-refractivity contribution in [2.45, 2.75) is 24.8 Å². The van der Waals surface area contributed by atoms with Crippen molar-refractivity contribution in [3.63, 3.8) is 0 Å². The Labute approximate surface area is 203 Å². The van der Waals surface area contributed by atoms with E-state index in [-0.39, 0.29) is 31.2 Å². The summed E-state index contributed by atoms with van der Waals surface area (Å²) in [6, 6.07) is 11.2. The van der Waals surface area contributed by atoms with Crippen LogP contribution in [0, 0.1) is 0 Å². The number of piperidine rings is 1. The summed E-state index contributed by atoms with van der Waals surface area (Å²) in [5, 5.41) is 9.89. The zero-order valence-corrected chi connectivity index (χ0v) is 20.0. The summed E-state index contributed by atoms with van der Waals surface area (Å²) < 4.78 is 29.4. The highest BCUT2D eigenvalue weighted by Gasteiger charge is 2.44. The van der Waals surface area contributed by atoms with Gasteiger partial charge in [-0.05, 0) is 48.6 Å². The summed E-state index contributed by atoms with van der Waals surface area (Å²) in [5.41, 5.74) is 2.86. The number of carbonyl (C=O) groups is 2. The number of carbonyl (C=O) groups excluding carboxylic acids is 2. The van der Waals surface area contributed by atoms with Crippen molar-refractivity contribution in [1.82, 2.24) is 24.0 Å². The van der Waals surface area contributed by atoms with Crippen LogP contribution < -0.4 is 5.48 Å². The Kier molecular flexibility index (Phi) is 7.48. The van der Waals surface area contributed by atoms with Crippen LogP contribution in [0.5, 0.6) is 0 Å². The maximum atomic E-state index is 13.5. The Balaban J connectivity index is 1.46. The van der Waals surface area contributed by atoms with Crippen LogP contribution in [-0.4, -0.2) is 82.7 Å². The van der Waals surface area contributed by atoms with Gasteiger partial charge in [0, 0.05) is 43.9 Å². The molecule has 2 N–H and O–H groups in total. The molecule has 0 aliphatic carbocycles. The molecule has 0 bridgehead atoms. The fraction of sp³-hybridized carbons (Fsp3) is 0.409. The number of hydrogen-bond donors (Lipinski definition) is 2. The van der Waals surface area contributed by atoms with E-state index in [0.717, 1.165) is 9.87 Å². The van der Waals surface area contributed by atoms with Gasteiger partial charge in [0.05, 0.1) is 0 Å². The second kappa shape index (κ2) is 10.4. The third-order valence-electron chi connectivity index (χ3n) is 6.33. The minimum atomic E-state index is -4.00. The number of aromatic nitrogens is 1. The lowest BCUT2D eigenvalue weighted by atomic mass is 9.90. The Morgan fingerprint density at radius 3 is 2.35 bits per heavy atom. The molecule has 0 saturated carbocycles. The molecular formula is C22H26ClN5O5S. The lowest BCUT2D eigenvalue weighted by molar-refractivity contribution is -0.134. The van der Waals surface area contributed by atoms with Gasteiger partial charge in [-0.3, -0.25) is 19.8 Å². The van der Waals surface area contributed by atoms with Crippen LogP contribution in [0.1, 0.15) is 34.8 Å². The molecule has 2 aromatic rings. The molecular weight excluding hydrogens is 482 g/mol. The molecule has 10 nitrogen and oxygen atoms in total. The molecule has 4 rings (SSSR count). The highest BCUT2D eigenvalue weighted by molar-refractivity contribution is 7.86. The molecule has 0 radical (unpaired) electrons. The van der Waals surface area contributed by atoms with Gasteiger partial charge in [-0.1, -0.05) is 29.8 Å². The molecule has 1 aromatic heterocycles. The van der Waals surface area contributed by atoms with Gasteiger partial charge in [-0.25, -0.2) is 5.48 Å². The first-order valence-electron chi connectivity index (χ1n) is 11.0. The van der Waals surface area contributed by atoms with Gasteiger partial charge < -0.3 is 4.90 Å². The van der Waals surface area contributed by atoms with E-state index in [1.165, 1.54) is 15.4 Å². The number of piperazine rings is 1. The van der Waals surface area contributed by atoms with Crippen molar-refractivity contribution in [3.8, 4) is 0 Å². The third kappa shape index (κ3) is 5.08. The normalized spacial score (nSPS) is 20.8. The fourth-order valence-electron chi connectivity index (χ4n) is 4.47. The highest BCUT2D eigenvalue weighted by Crippen LogP contribution is 2.31. The zero-order valence-electron chi connectivity index (χ0n) is 18.4. The van der Waals surface area contributed by atoms with E-state index < -0.39 is 28.1 Å². The molecule has 3 heterocycles. The highest BCUT2D eigenvalue weighted by atomic mass is 35.5. The molecule has 2 aliphatic heterocycles. The minimum absolute atomic E-state index is 0.0733. The van der Waals surface area contributed by atoms with Crippen LogP contribution in [0.4, 0.5) is 0 Å². The molecule has 182 valence electrons. The number of nitrogens with zero attached hydrogens (tertiary/aromatic N) is 4. The fourth-order valence-corrected chi connectivity index (χ4v) is 6.36. The average molecular weight is 508 g/mol. The molecule has 2 aliphatic rings. The quantitative estimate of drug-likeness (QED) is 0.467. The number of hydrogen-bond acceptors (Lipinski definition) is 6. The molecule has 2 fully saturated rings. The van der Waals surface area contributed by atoms with Crippen molar-refractivity contribution >= 4 is 33.6 Å². The van der Waals surface area contributed by atoms with E-state index in [4.69, 9.17) is 11.6 Å². The maximum absolute atomic E-state index is 13.5. The molecule has 1 atom stereocenters. The second-order valence-electron chi connectivity index (χ2n) is 8.30. The van der Waals surface area contributed by atoms with Crippen molar-refractivity contribution in [3.05, 3.63) is 64.9 Å². The summed E-state index contributed by atoms with van der Waals surface area (Å²) in [7, 11) is -4.00. The standard InChI is InChI=1S/C22H26ClN5O5S/c23-18-6-4-16(5-7-18)17-8-11-27(12-9-17)34(32,33)28-14-13-26(15-20(28)21(29)25-31)22(30)19-3-1-2-10-24-19/h1-7,10,17,20,31H,8-9,11-15H2,(H,25,29). The average Bonchev–Trinajstić information content (AvgIpc) is 2.88. The molecule has 2 amide bonds. The van der Waals surface area contributed by atoms with Gasteiger partial charge in [0.15, 0.2) is 0 Å². The smallest absolute Gasteiger partial charge is 0.282 e. The van der Waals surface area contributed by atoms with Crippen LogP contribution in [-0.2, 0) is 15.0 Å². The predicted molar refractivity (Wildman–Crippen MR) is 124 cm³/mol. The number of amides is 2. The lowest BCUT2D eigenvalue weighted by Crippen LogP contribution is -2.63. The molecule has 2 saturated heterocycles. The second-order valence-corrected chi connectivity index (χ2v) is 10.6. The summed E-state index contributed by atoms with van der Waals surface area (Å²) in [5.74, 6) is -1.08. The van der Waals surface area contributed by atoms with Gasteiger partial charge >= 0.3 is 0 Å². The Morgan fingerprint density at radius 1 is 1.03 bits per heavy atom. The van der Waals surface area contributed by atoms with E-state index in [0.29, 0.717) is 31.0 Å². The third-order valence-corrected chi connectivity index (χ3v) is 8.63. The molecule has 1 unspecified atom stereocenters. The first kappa shape index (κ1) is 24.6. The van der Waals surface area contributed by atoms with E-state index in [1.807, 2.05) is 24.3 Å². The van der Waals surface area contributed by atoms with E-state index in [9.17, 15) is 23.2 Å². The molecule has 34 heavy (non-hydrogen) atoms. The van der Waals surface area contributed by atoms with Crippen LogP contribution >= 0.6 is 11.6 Å². The Hall–Kier alpha value is -2.57. The zero-order chi connectivity index (χ0) is 24.3. The Morgan fingerprint density at radius 2 is 1.74 bits per heavy atom. The number of nitrogens with one attached hydrogen (secondary N) is 1. The summed E-state index contributed by atoms with van der Waals surface area (Å²) >= 11 is 5.96. The summed E-state index contributed by atoms with van der Waals surface area (Å²) in [6.07, 6.45) is 2.76. The van der Waals surface area contributed by atoms with E-state index in [2.05, 4.69) is 4.98 Å². The maximum Gasteiger partial charge on any atom is 0.282 e. The van der Waals surface area contributed by atoms with Gasteiger partial charge in [-0.15, -0.1) is 0 Å². The number of rotatable bonds is 5. The monoisotopic (exact) mass is 507 g/mol. The van der Waals surface area contributed by atoms with E-state index in [1.54, 1.807) is 23.7 Å². The number of pyridine rings is 1. The first-order valence-corrected chi connectivity index (χ1v) is 12.8. The van der Waals surface area contributed by atoms with Gasteiger partial charge in [0.1, 0.15) is 11.7 Å². The van der Waals surface area contributed by atoms with Gasteiger partial charge in [0.25, 0.3) is 22.0 Å². The van der Waals surface area contributed by atoms with Gasteiger partial charge in [-0.2, -0.15) is 17.0 Å². The van der Waals surface area contributed by atoms with Gasteiger partial charge in [0.2, 0.25) is 0 Å². The minimum Gasteiger partial charge on any atom is -0.334 e.